The van der Waals surface area contributed by atoms with Crippen molar-refractivity contribution in [3.63, 3.8) is 0 Å². The minimum absolute atomic E-state index is 0.114. The molecule has 3 aromatic rings. The number of furan rings is 1. The van der Waals surface area contributed by atoms with Gasteiger partial charge in [-0.1, -0.05) is 29.3 Å². The summed E-state index contributed by atoms with van der Waals surface area (Å²) in [5.41, 5.74) is 1.33. The van der Waals surface area contributed by atoms with E-state index in [2.05, 4.69) is 0 Å². The normalized spacial score (nSPS) is 14.8. The van der Waals surface area contributed by atoms with E-state index in [4.69, 9.17) is 20.8 Å². The van der Waals surface area contributed by atoms with Gasteiger partial charge in [-0.15, -0.1) is 0 Å². The van der Waals surface area contributed by atoms with Crippen molar-refractivity contribution in [3.05, 3.63) is 86.0 Å². The highest BCUT2D eigenvalue weighted by Crippen LogP contribution is 2.35. The molecule has 0 atom stereocenters. The molecule has 1 aliphatic heterocycles. The molecule has 4 rings (SSSR count). The minimum Gasteiger partial charge on any atom is -0.492 e. The molecule has 10 heteroatoms. The zero-order valence-corrected chi connectivity index (χ0v) is 18.9. The number of nitrogens with zero attached hydrogens (tertiary/aromatic N) is 2. The zero-order valence-electron chi connectivity index (χ0n) is 17.3. The number of aryl methyl sites for hydroxylation is 1. The molecule has 33 heavy (non-hydrogen) atoms. The number of nitro groups is 1. The second-order valence-corrected chi connectivity index (χ2v) is 8.52. The lowest BCUT2D eigenvalue weighted by Gasteiger charge is -2.13. The Balaban J connectivity index is 1.45. The molecule has 0 unspecified atom stereocenters. The molecule has 168 valence electrons. The van der Waals surface area contributed by atoms with Gasteiger partial charge < -0.3 is 9.15 Å². The molecule has 1 fully saturated rings. The predicted molar refractivity (Wildman–Crippen MR) is 125 cm³/mol. The molecule has 2 amide bonds. The monoisotopic (exact) mass is 484 g/mol. The first-order valence-electron chi connectivity index (χ1n) is 9.81. The lowest BCUT2D eigenvalue weighted by Crippen LogP contribution is -2.32. The van der Waals surface area contributed by atoms with Crippen LogP contribution in [0.2, 0.25) is 5.02 Å². The molecule has 0 radical (unpaired) electrons. The van der Waals surface area contributed by atoms with Crippen molar-refractivity contribution in [2.24, 2.45) is 0 Å². The average molecular weight is 485 g/mol. The second-order valence-electron chi connectivity index (χ2n) is 7.12. The Morgan fingerprint density at radius 1 is 1.15 bits per heavy atom. The van der Waals surface area contributed by atoms with Crippen molar-refractivity contribution in [1.82, 2.24) is 4.90 Å². The third-order valence-corrected chi connectivity index (χ3v) is 6.04. The number of nitro benzene ring substituents is 1. The number of hydrogen-bond acceptors (Lipinski definition) is 7. The highest BCUT2D eigenvalue weighted by Gasteiger charge is 2.35. The third kappa shape index (κ3) is 5.10. The number of imide groups is 1. The molecular weight excluding hydrogens is 468 g/mol. The summed E-state index contributed by atoms with van der Waals surface area (Å²) >= 11 is 6.96. The average Bonchev–Trinajstić information content (AvgIpc) is 3.35. The van der Waals surface area contributed by atoms with E-state index in [-0.39, 0.29) is 28.8 Å². The molecule has 2 heterocycles. The van der Waals surface area contributed by atoms with Crippen molar-refractivity contribution in [2.45, 2.75) is 6.92 Å². The fraction of sp³-hybridized carbons (Fsp3) is 0.130. The van der Waals surface area contributed by atoms with Gasteiger partial charge in [0.1, 0.15) is 23.9 Å². The van der Waals surface area contributed by atoms with E-state index < -0.39 is 16.1 Å². The van der Waals surface area contributed by atoms with E-state index in [9.17, 15) is 19.7 Å². The number of rotatable bonds is 7. The van der Waals surface area contributed by atoms with E-state index in [1.165, 1.54) is 24.3 Å². The van der Waals surface area contributed by atoms with Gasteiger partial charge in [0.2, 0.25) is 0 Å². The van der Waals surface area contributed by atoms with Gasteiger partial charge in [0, 0.05) is 23.8 Å². The Labute approximate surface area is 197 Å². The lowest BCUT2D eigenvalue weighted by molar-refractivity contribution is -0.384. The maximum absolute atomic E-state index is 12.7. The van der Waals surface area contributed by atoms with Crippen LogP contribution in [0, 0.1) is 17.0 Å². The Morgan fingerprint density at radius 2 is 1.91 bits per heavy atom. The number of ether oxygens (including phenoxy) is 1. The molecule has 1 aliphatic rings. The lowest BCUT2D eigenvalue weighted by atomic mass is 10.1. The SMILES string of the molecule is Cc1ccc(OCCN2C(=O)S/C(=C\c3ccc(-c4cc([N+](=O)[O-])ccc4Cl)o3)C2=O)cc1. The third-order valence-electron chi connectivity index (χ3n) is 4.80. The molecule has 1 aromatic heterocycles. The van der Waals surface area contributed by atoms with Crippen molar-refractivity contribution >= 4 is 46.3 Å². The van der Waals surface area contributed by atoms with Crippen LogP contribution in [0.3, 0.4) is 0 Å². The number of amides is 2. The Morgan fingerprint density at radius 3 is 2.64 bits per heavy atom. The smallest absolute Gasteiger partial charge is 0.293 e. The van der Waals surface area contributed by atoms with Crippen LogP contribution in [0.1, 0.15) is 11.3 Å². The Kier molecular flexibility index (Phi) is 6.52. The number of hydrogen-bond donors (Lipinski definition) is 0. The summed E-state index contributed by atoms with van der Waals surface area (Å²) in [6, 6.07) is 14.7. The summed E-state index contributed by atoms with van der Waals surface area (Å²) in [6.45, 7) is 2.25. The van der Waals surface area contributed by atoms with Gasteiger partial charge in [-0.25, -0.2) is 0 Å². The number of thioether (sulfide) groups is 1. The highest BCUT2D eigenvalue weighted by molar-refractivity contribution is 8.18. The van der Waals surface area contributed by atoms with Gasteiger partial charge in [-0.05, 0) is 49.0 Å². The molecule has 8 nitrogen and oxygen atoms in total. The van der Waals surface area contributed by atoms with Gasteiger partial charge in [0.05, 0.1) is 21.4 Å². The number of carbonyl (C=O) groups excluding carboxylic acids is 2. The molecule has 0 aliphatic carbocycles. The van der Waals surface area contributed by atoms with E-state index >= 15 is 0 Å². The van der Waals surface area contributed by atoms with Crippen LogP contribution in [0.15, 0.2) is 63.9 Å². The zero-order chi connectivity index (χ0) is 23.5. The van der Waals surface area contributed by atoms with E-state index in [0.717, 1.165) is 22.2 Å². The Bertz CT molecular complexity index is 1270. The van der Waals surface area contributed by atoms with Crippen LogP contribution < -0.4 is 4.74 Å². The van der Waals surface area contributed by atoms with E-state index in [1.54, 1.807) is 12.1 Å². The predicted octanol–water partition coefficient (Wildman–Crippen LogP) is 5.93. The van der Waals surface area contributed by atoms with Crippen LogP contribution >= 0.6 is 23.4 Å². The van der Waals surface area contributed by atoms with Gasteiger partial charge in [-0.3, -0.25) is 24.6 Å². The summed E-state index contributed by atoms with van der Waals surface area (Å²) in [6.07, 6.45) is 1.46. The van der Waals surface area contributed by atoms with Crippen molar-refractivity contribution in [3.8, 4) is 17.1 Å². The fourth-order valence-electron chi connectivity index (χ4n) is 3.10. The molecule has 0 bridgehead atoms. The Hall–Kier alpha value is -3.56. The summed E-state index contributed by atoms with van der Waals surface area (Å²) in [5.74, 6) is 0.838. The van der Waals surface area contributed by atoms with E-state index in [0.29, 0.717) is 22.8 Å². The molecule has 1 saturated heterocycles. The first kappa shape index (κ1) is 22.6. The topological polar surface area (TPSA) is 103 Å². The maximum Gasteiger partial charge on any atom is 0.293 e. The summed E-state index contributed by atoms with van der Waals surface area (Å²) in [7, 11) is 0. The first-order valence-corrected chi connectivity index (χ1v) is 11.0. The van der Waals surface area contributed by atoms with Crippen molar-refractivity contribution in [2.75, 3.05) is 13.2 Å². The van der Waals surface area contributed by atoms with Crippen LogP contribution in [0.25, 0.3) is 17.4 Å². The van der Waals surface area contributed by atoms with Crippen LogP contribution in [-0.2, 0) is 4.79 Å². The van der Waals surface area contributed by atoms with Crippen molar-refractivity contribution < 1.29 is 23.7 Å². The first-order chi connectivity index (χ1) is 15.8. The molecule has 2 aromatic carbocycles. The maximum atomic E-state index is 12.7. The van der Waals surface area contributed by atoms with Gasteiger partial charge in [-0.2, -0.15) is 0 Å². The number of halogens is 1. The molecular formula is C23H17ClN2O6S. The number of benzene rings is 2. The standard InChI is InChI=1S/C23H17ClN2O6S/c1-14-2-5-16(6-3-14)31-11-10-25-22(27)21(33-23(25)28)13-17-7-9-20(32-17)18-12-15(26(29)30)4-8-19(18)24/h2-9,12-13H,10-11H2,1H3/b21-13-. The molecule has 0 N–H and O–H groups in total. The van der Waals surface area contributed by atoms with Crippen LogP contribution in [0.4, 0.5) is 10.5 Å². The van der Waals surface area contributed by atoms with Gasteiger partial charge in [0.25, 0.3) is 16.8 Å². The number of carbonyl (C=O) groups is 2. The highest BCUT2D eigenvalue weighted by atomic mass is 35.5. The van der Waals surface area contributed by atoms with Gasteiger partial charge >= 0.3 is 0 Å². The molecule has 0 spiro atoms. The van der Waals surface area contributed by atoms with Gasteiger partial charge in [0.15, 0.2) is 0 Å². The van der Waals surface area contributed by atoms with Crippen molar-refractivity contribution in [1.29, 1.82) is 0 Å². The summed E-state index contributed by atoms with van der Waals surface area (Å²) in [5, 5.41) is 10.9. The largest absolute Gasteiger partial charge is 0.492 e. The summed E-state index contributed by atoms with van der Waals surface area (Å²) in [4.78, 5) is 36.8. The van der Waals surface area contributed by atoms with Crippen LogP contribution in [0.5, 0.6) is 5.75 Å². The minimum atomic E-state index is -0.526. The fourth-order valence-corrected chi connectivity index (χ4v) is 4.16. The number of non-ortho nitro benzene ring substituents is 1. The summed E-state index contributed by atoms with van der Waals surface area (Å²) < 4.78 is 11.3. The quantitative estimate of drug-likeness (QED) is 0.232. The molecule has 0 saturated carbocycles. The van der Waals surface area contributed by atoms with Crippen LogP contribution in [-0.4, -0.2) is 34.1 Å². The second kappa shape index (κ2) is 9.51. The van der Waals surface area contributed by atoms with E-state index in [1.807, 2.05) is 31.2 Å².